The van der Waals surface area contributed by atoms with Crippen LogP contribution in [0.25, 0.3) is 0 Å². The summed E-state index contributed by atoms with van der Waals surface area (Å²) in [6.07, 6.45) is 3.34. The van der Waals surface area contributed by atoms with Gasteiger partial charge >= 0.3 is 0 Å². The van der Waals surface area contributed by atoms with Gasteiger partial charge in [0.1, 0.15) is 12.4 Å². The number of hydrogen-bond donors (Lipinski definition) is 2. The van der Waals surface area contributed by atoms with Gasteiger partial charge in [0.2, 0.25) is 0 Å². The topological polar surface area (TPSA) is 64.1 Å². The van der Waals surface area contributed by atoms with E-state index in [1.807, 2.05) is 6.92 Å². The van der Waals surface area contributed by atoms with Crippen molar-refractivity contribution in [3.8, 4) is 5.75 Å². The van der Waals surface area contributed by atoms with E-state index in [-0.39, 0.29) is 24.0 Å². The molecule has 0 heterocycles. The van der Waals surface area contributed by atoms with E-state index in [1.165, 1.54) is 5.56 Å². The van der Waals surface area contributed by atoms with Gasteiger partial charge < -0.3 is 24.8 Å². The molecule has 0 unspecified atom stereocenters. The van der Waals surface area contributed by atoms with Crippen molar-refractivity contribution < 1.29 is 14.2 Å². The monoisotopic (exact) mass is 493 g/mol. The summed E-state index contributed by atoms with van der Waals surface area (Å²) in [4.78, 5) is 4.28. The highest BCUT2D eigenvalue weighted by atomic mass is 127. The Morgan fingerprint density at radius 2 is 1.89 bits per heavy atom. The number of aliphatic imine (C=N–C) groups is 1. The maximum atomic E-state index is 5.88. The molecule has 1 aromatic rings. The fourth-order valence-corrected chi connectivity index (χ4v) is 2.45. The van der Waals surface area contributed by atoms with Crippen LogP contribution in [0.5, 0.6) is 5.75 Å². The minimum atomic E-state index is 0. The molecule has 0 radical (unpaired) electrons. The van der Waals surface area contributed by atoms with Crippen molar-refractivity contribution in [3.05, 3.63) is 29.3 Å². The van der Waals surface area contributed by atoms with Crippen LogP contribution < -0.4 is 15.4 Å². The molecule has 0 atom stereocenters. The lowest BCUT2D eigenvalue weighted by molar-refractivity contribution is 0.110. The zero-order chi connectivity index (χ0) is 19.0. The molecule has 1 rings (SSSR count). The first-order valence-corrected chi connectivity index (χ1v) is 9.44. The van der Waals surface area contributed by atoms with Gasteiger partial charge in [-0.25, -0.2) is 0 Å². The molecular formula is C20H36IN3O3. The smallest absolute Gasteiger partial charge is 0.191 e. The molecule has 27 heavy (non-hydrogen) atoms. The summed E-state index contributed by atoms with van der Waals surface area (Å²) in [5.41, 5.74) is 2.29. The summed E-state index contributed by atoms with van der Waals surface area (Å²) in [5, 5.41) is 6.70. The van der Waals surface area contributed by atoms with E-state index in [0.717, 1.165) is 49.7 Å². The fraction of sp³-hybridized carbons (Fsp3) is 0.650. The predicted octanol–water partition coefficient (Wildman–Crippen LogP) is 3.51. The first-order valence-electron chi connectivity index (χ1n) is 9.44. The lowest BCUT2D eigenvalue weighted by Crippen LogP contribution is -2.37. The molecule has 0 saturated carbocycles. The van der Waals surface area contributed by atoms with E-state index in [4.69, 9.17) is 14.2 Å². The molecule has 7 heteroatoms. The number of guanidine groups is 1. The molecule has 0 fully saturated rings. The van der Waals surface area contributed by atoms with Crippen molar-refractivity contribution in [1.29, 1.82) is 0 Å². The van der Waals surface area contributed by atoms with Gasteiger partial charge in [0.25, 0.3) is 0 Å². The third-order valence-corrected chi connectivity index (χ3v) is 3.90. The molecule has 0 amide bonds. The SMILES string of the molecule is CCOCCOc1cc(C)ccc1CNC(=NC)NCCCCCOC.I. The van der Waals surface area contributed by atoms with Crippen LogP contribution in [0.1, 0.15) is 37.3 Å². The molecule has 0 aromatic heterocycles. The number of nitrogens with one attached hydrogen (secondary N) is 2. The second-order valence-corrected chi connectivity index (χ2v) is 6.06. The number of benzene rings is 1. The Bertz CT molecular complexity index is 527. The summed E-state index contributed by atoms with van der Waals surface area (Å²) in [7, 11) is 3.53. The minimum Gasteiger partial charge on any atom is -0.491 e. The van der Waals surface area contributed by atoms with Crippen LogP contribution in [0.15, 0.2) is 23.2 Å². The highest BCUT2D eigenvalue weighted by Crippen LogP contribution is 2.20. The third-order valence-electron chi connectivity index (χ3n) is 3.90. The Kier molecular flexibility index (Phi) is 16.4. The molecule has 6 nitrogen and oxygen atoms in total. The van der Waals surface area contributed by atoms with Crippen molar-refractivity contribution in [2.24, 2.45) is 4.99 Å². The van der Waals surface area contributed by atoms with Gasteiger partial charge in [0.15, 0.2) is 5.96 Å². The maximum Gasteiger partial charge on any atom is 0.191 e. The molecule has 0 bridgehead atoms. The van der Waals surface area contributed by atoms with Crippen LogP contribution in [-0.2, 0) is 16.0 Å². The molecular weight excluding hydrogens is 457 g/mol. The molecule has 0 spiro atoms. The molecule has 0 aliphatic carbocycles. The molecule has 0 aliphatic heterocycles. The van der Waals surface area contributed by atoms with Gasteiger partial charge in [-0.05, 0) is 44.7 Å². The summed E-state index contributed by atoms with van der Waals surface area (Å²) in [6, 6.07) is 6.25. The molecule has 156 valence electrons. The quantitative estimate of drug-likeness (QED) is 0.191. The van der Waals surface area contributed by atoms with E-state index in [1.54, 1.807) is 14.2 Å². The lowest BCUT2D eigenvalue weighted by Gasteiger charge is -2.15. The summed E-state index contributed by atoms with van der Waals surface area (Å²) < 4.78 is 16.3. The molecule has 2 N–H and O–H groups in total. The van der Waals surface area contributed by atoms with Gasteiger partial charge in [0.05, 0.1) is 6.61 Å². The lowest BCUT2D eigenvalue weighted by atomic mass is 10.1. The average molecular weight is 493 g/mol. The van der Waals surface area contributed by atoms with Gasteiger partial charge in [-0.2, -0.15) is 0 Å². The first-order chi connectivity index (χ1) is 12.7. The summed E-state index contributed by atoms with van der Waals surface area (Å²) >= 11 is 0. The highest BCUT2D eigenvalue weighted by Gasteiger charge is 2.06. The van der Waals surface area contributed by atoms with Crippen molar-refractivity contribution in [1.82, 2.24) is 10.6 Å². The Morgan fingerprint density at radius 1 is 1.07 bits per heavy atom. The van der Waals surface area contributed by atoms with Crippen LogP contribution in [0, 0.1) is 6.92 Å². The maximum absolute atomic E-state index is 5.88. The van der Waals surface area contributed by atoms with E-state index >= 15 is 0 Å². The van der Waals surface area contributed by atoms with Crippen molar-refractivity contribution in [3.63, 3.8) is 0 Å². The van der Waals surface area contributed by atoms with E-state index in [2.05, 4.69) is 40.7 Å². The van der Waals surface area contributed by atoms with E-state index in [9.17, 15) is 0 Å². The van der Waals surface area contributed by atoms with Crippen LogP contribution in [0.4, 0.5) is 0 Å². The van der Waals surface area contributed by atoms with Crippen molar-refractivity contribution >= 4 is 29.9 Å². The normalized spacial score (nSPS) is 11.0. The number of unbranched alkanes of at least 4 members (excludes halogenated alkanes) is 2. The second-order valence-electron chi connectivity index (χ2n) is 6.06. The van der Waals surface area contributed by atoms with E-state index in [0.29, 0.717) is 26.4 Å². The minimum absolute atomic E-state index is 0. The van der Waals surface area contributed by atoms with E-state index < -0.39 is 0 Å². The number of ether oxygens (including phenoxy) is 3. The number of methoxy groups -OCH3 is 1. The fourth-order valence-electron chi connectivity index (χ4n) is 2.45. The Labute approximate surface area is 181 Å². The Morgan fingerprint density at radius 3 is 2.59 bits per heavy atom. The van der Waals surface area contributed by atoms with Gasteiger partial charge in [-0.1, -0.05) is 12.1 Å². The Hall–Kier alpha value is -1.06. The zero-order valence-electron chi connectivity index (χ0n) is 17.2. The number of hydrogen-bond acceptors (Lipinski definition) is 4. The largest absolute Gasteiger partial charge is 0.491 e. The number of halogens is 1. The Balaban J connectivity index is 0.00000676. The number of aryl methyl sites for hydroxylation is 1. The molecule has 0 aliphatic rings. The zero-order valence-corrected chi connectivity index (χ0v) is 19.5. The van der Waals surface area contributed by atoms with Crippen LogP contribution in [-0.4, -0.2) is 53.1 Å². The third kappa shape index (κ3) is 12.1. The molecule has 0 saturated heterocycles. The summed E-state index contributed by atoms with van der Waals surface area (Å²) in [6.45, 7) is 8.30. The first kappa shape index (κ1) is 25.9. The van der Waals surface area contributed by atoms with Gasteiger partial charge in [-0.15, -0.1) is 24.0 Å². The van der Waals surface area contributed by atoms with Crippen molar-refractivity contribution in [2.75, 3.05) is 47.1 Å². The average Bonchev–Trinajstić information content (AvgIpc) is 2.65. The number of nitrogens with zero attached hydrogens (tertiary/aromatic N) is 1. The van der Waals surface area contributed by atoms with Gasteiger partial charge in [0, 0.05) is 46.0 Å². The summed E-state index contributed by atoms with van der Waals surface area (Å²) in [5.74, 6) is 1.70. The van der Waals surface area contributed by atoms with Crippen LogP contribution in [0.3, 0.4) is 0 Å². The highest BCUT2D eigenvalue weighted by molar-refractivity contribution is 14.0. The second kappa shape index (κ2) is 17.1. The van der Waals surface area contributed by atoms with Crippen LogP contribution in [0.2, 0.25) is 0 Å². The van der Waals surface area contributed by atoms with Crippen molar-refractivity contribution in [2.45, 2.75) is 39.7 Å². The standard InChI is InChI=1S/C20H35N3O3.HI/c1-5-25-13-14-26-19-15-17(2)9-10-18(19)16-23-20(21-3)22-11-7-6-8-12-24-4;/h9-10,15H,5-8,11-14,16H2,1-4H3,(H2,21,22,23);1H. The number of rotatable bonds is 13. The van der Waals surface area contributed by atoms with Gasteiger partial charge in [-0.3, -0.25) is 4.99 Å². The van der Waals surface area contributed by atoms with Crippen LogP contribution >= 0.6 is 24.0 Å². The molecule has 1 aromatic carbocycles. The predicted molar refractivity (Wildman–Crippen MR) is 123 cm³/mol.